The Balaban J connectivity index is 1.52. The largest absolute Gasteiger partial charge is 0.334 e. The molecule has 0 radical (unpaired) electrons. The lowest BCUT2D eigenvalue weighted by Crippen LogP contribution is -2.30. The maximum Gasteiger partial charge on any atom is 0.257 e. The minimum absolute atomic E-state index is 0.171. The lowest BCUT2D eigenvalue weighted by Gasteiger charge is -2.20. The van der Waals surface area contributed by atoms with Crippen LogP contribution in [0.1, 0.15) is 36.6 Å². The van der Waals surface area contributed by atoms with E-state index < -0.39 is 11.6 Å². The van der Waals surface area contributed by atoms with Crippen LogP contribution in [0.3, 0.4) is 0 Å². The fourth-order valence-corrected chi connectivity index (χ4v) is 3.40. The molecule has 1 amide bonds. The van der Waals surface area contributed by atoms with Gasteiger partial charge in [0.05, 0.1) is 0 Å². The first-order valence-corrected chi connectivity index (χ1v) is 9.17. The molecular formula is C21H19F2N3O2. The maximum atomic E-state index is 13.5. The molecule has 2 aromatic carbocycles. The number of carbonyl (C=O) groups is 1. The fourth-order valence-electron chi connectivity index (χ4n) is 3.40. The number of hydrogen-bond donors (Lipinski definition) is 0. The highest BCUT2D eigenvalue weighted by molar-refractivity contribution is 5.94. The predicted molar refractivity (Wildman–Crippen MR) is 99.8 cm³/mol. The molecule has 1 aromatic heterocycles. The monoisotopic (exact) mass is 383 g/mol. The van der Waals surface area contributed by atoms with Crippen LogP contribution in [-0.4, -0.2) is 22.6 Å². The van der Waals surface area contributed by atoms with Crippen molar-refractivity contribution in [3.8, 4) is 11.5 Å². The molecule has 1 saturated heterocycles. The second-order valence-electron chi connectivity index (χ2n) is 7.01. The third-order valence-electron chi connectivity index (χ3n) is 4.98. The van der Waals surface area contributed by atoms with Gasteiger partial charge in [-0.25, -0.2) is 8.78 Å². The van der Waals surface area contributed by atoms with Crippen LogP contribution in [0.2, 0.25) is 0 Å². The van der Waals surface area contributed by atoms with Gasteiger partial charge in [0.2, 0.25) is 5.91 Å². The number of aromatic nitrogens is 2. The van der Waals surface area contributed by atoms with Gasteiger partial charge in [-0.05, 0) is 44.0 Å². The van der Waals surface area contributed by atoms with Gasteiger partial charge in [-0.1, -0.05) is 22.9 Å². The number of anilines is 1. The van der Waals surface area contributed by atoms with Gasteiger partial charge >= 0.3 is 0 Å². The van der Waals surface area contributed by atoms with Crippen molar-refractivity contribution >= 4 is 11.6 Å². The quantitative estimate of drug-likeness (QED) is 0.662. The van der Waals surface area contributed by atoms with Crippen LogP contribution in [0.25, 0.3) is 11.5 Å². The number of amides is 1. The average molecular weight is 383 g/mol. The van der Waals surface area contributed by atoms with Gasteiger partial charge < -0.3 is 9.42 Å². The Morgan fingerprint density at radius 1 is 1.11 bits per heavy atom. The third kappa shape index (κ3) is 3.65. The normalized spacial score (nSPS) is 17.6. The molecule has 0 N–H and O–H groups in total. The Morgan fingerprint density at radius 3 is 2.64 bits per heavy atom. The smallest absolute Gasteiger partial charge is 0.257 e. The minimum atomic E-state index is -0.966. The number of halogens is 2. The van der Waals surface area contributed by atoms with Gasteiger partial charge in [0, 0.05) is 36.2 Å². The number of aryl methyl sites for hydroxylation is 1. The van der Waals surface area contributed by atoms with E-state index in [2.05, 4.69) is 10.1 Å². The molecule has 3 aromatic rings. The summed E-state index contributed by atoms with van der Waals surface area (Å²) in [6.45, 7) is 2.43. The predicted octanol–water partition coefficient (Wildman–Crippen LogP) is 4.62. The van der Waals surface area contributed by atoms with E-state index in [-0.39, 0.29) is 18.2 Å². The van der Waals surface area contributed by atoms with E-state index in [0.717, 1.165) is 23.3 Å². The first-order chi connectivity index (χ1) is 13.5. The van der Waals surface area contributed by atoms with Crippen molar-refractivity contribution in [2.75, 3.05) is 11.4 Å². The first kappa shape index (κ1) is 18.3. The molecule has 5 nitrogen and oxygen atoms in total. The zero-order valence-corrected chi connectivity index (χ0v) is 15.4. The van der Waals surface area contributed by atoms with E-state index in [0.29, 0.717) is 36.8 Å². The van der Waals surface area contributed by atoms with Gasteiger partial charge in [-0.3, -0.25) is 4.79 Å². The minimum Gasteiger partial charge on any atom is -0.334 e. The molecule has 0 spiro atoms. The van der Waals surface area contributed by atoms with Crippen LogP contribution in [0.5, 0.6) is 0 Å². The summed E-state index contributed by atoms with van der Waals surface area (Å²) in [6, 6.07) is 11.3. The first-order valence-electron chi connectivity index (χ1n) is 9.17. The molecule has 144 valence electrons. The zero-order valence-electron chi connectivity index (χ0n) is 15.4. The highest BCUT2D eigenvalue weighted by atomic mass is 19.2. The Bertz CT molecular complexity index is 1000. The van der Waals surface area contributed by atoms with E-state index in [4.69, 9.17) is 4.52 Å². The maximum absolute atomic E-state index is 13.5. The molecule has 1 unspecified atom stereocenters. The van der Waals surface area contributed by atoms with Crippen molar-refractivity contribution in [2.45, 2.75) is 32.1 Å². The molecule has 4 rings (SSSR count). The van der Waals surface area contributed by atoms with E-state index >= 15 is 0 Å². The topological polar surface area (TPSA) is 59.2 Å². The summed E-state index contributed by atoms with van der Waals surface area (Å²) in [5.74, 6) is -1.33. The molecular weight excluding hydrogens is 364 g/mol. The fraction of sp³-hybridized carbons (Fsp3) is 0.286. The second-order valence-corrected chi connectivity index (χ2v) is 7.01. The van der Waals surface area contributed by atoms with Gasteiger partial charge in [0.15, 0.2) is 17.5 Å². The molecule has 1 atom stereocenters. The summed E-state index contributed by atoms with van der Waals surface area (Å²) in [4.78, 5) is 18.7. The molecule has 0 bridgehead atoms. The summed E-state index contributed by atoms with van der Waals surface area (Å²) in [5.41, 5.74) is 2.32. The average Bonchev–Trinajstić information content (AvgIpc) is 3.09. The van der Waals surface area contributed by atoms with Crippen molar-refractivity contribution in [3.63, 3.8) is 0 Å². The molecule has 0 aliphatic carbocycles. The van der Waals surface area contributed by atoms with Crippen LogP contribution in [0.4, 0.5) is 14.5 Å². The molecule has 1 fully saturated rings. The van der Waals surface area contributed by atoms with Gasteiger partial charge in [0.1, 0.15) is 0 Å². The van der Waals surface area contributed by atoms with Crippen molar-refractivity contribution in [2.24, 2.45) is 0 Å². The Hall–Kier alpha value is -3.09. The number of nitrogens with zero attached hydrogens (tertiary/aromatic N) is 3. The van der Waals surface area contributed by atoms with Gasteiger partial charge in [-0.2, -0.15) is 4.98 Å². The van der Waals surface area contributed by atoms with Crippen LogP contribution in [0.15, 0.2) is 47.0 Å². The van der Waals surface area contributed by atoms with Crippen molar-refractivity contribution < 1.29 is 18.1 Å². The molecule has 2 heterocycles. The second kappa shape index (κ2) is 7.50. The van der Waals surface area contributed by atoms with E-state index in [1.165, 1.54) is 11.0 Å². The molecule has 0 saturated carbocycles. The number of carbonyl (C=O) groups excluding carboxylic acids is 1. The van der Waals surface area contributed by atoms with Crippen LogP contribution >= 0.6 is 0 Å². The van der Waals surface area contributed by atoms with Gasteiger partial charge in [-0.15, -0.1) is 0 Å². The summed E-state index contributed by atoms with van der Waals surface area (Å²) < 4.78 is 32.1. The standard InChI is InChI=1S/C21H19F2N3O2/c1-13-4-6-14(7-5-13)21-24-20(25-28-21)15-3-2-10-26(19(27)11-15)16-8-9-17(22)18(23)12-16/h4-9,12,15H,2-3,10-11H2,1H3. The van der Waals surface area contributed by atoms with Crippen molar-refractivity contribution in [1.29, 1.82) is 0 Å². The number of benzene rings is 2. The SMILES string of the molecule is Cc1ccc(-c2nc(C3CCCN(c4ccc(F)c(F)c4)C(=O)C3)no2)cc1. The van der Waals surface area contributed by atoms with Crippen LogP contribution < -0.4 is 4.90 Å². The third-order valence-corrected chi connectivity index (χ3v) is 4.98. The zero-order chi connectivity index (χ0) is 19.7. The summed E-state index contributed by atoms with van der Waals surface area (Å²) in [5, 5.41) is 4.07. The summed E-state index contributed by atoms with van der Waals surface area (Å²) in [6.07, 6.45) is 1.59. The van der Waals surface area contributed by atoms with E-state index in [1.807, 2.05) is 31.2 Å². The van der Waals surface area contributed by atoms with Crippen LogP contribution in [-0.2, 0) is 4.79 Å². The number of hydrogen-bond acceptors (Lipinski definition) is 4. The highest BCUT2D eigenvalue weighted by Crippen LogP contribution is 2.31. The Morgan fingerprint density at radius 2 is 1.89 bits per heavy atom. The Kier molecular flexibility index (Phi) is 4.90. The highest BCUT2D eigenvalue weighted by Gasteiger charge is 2.29. The van der Waals surface area contributed by atoms with E-state index in [9.17, 15) is 13.6 Å². The van der Waals surface area contributed by atoms with Gasteiger partial charge in [0.25, 0.3) is 5.89 Å². The molecule has 1 aliphatic rings. The lowest BCUT2D eigenvalue weighted by atomic mass is 10.00. The van der Waals surface area contributed by atoms with E-state index in [1.54, 1.807) is 0 Å². The Labute approximate surface area is 161 Å². The summed E-state index contributed by atoms with van der Waals surface area (Å²) >= 11 is 0. The molecule has 7 heteroatoms. The number of rotatable bonds is 3. The van der Waals surface area contributed by atoms with Crippen molar-refractivity contribution in [3.05, 3.63) is 65.5 Å². The lowest BCUT2D eigenvalue weighted by molar-refractivity contribution is -0.118. The molecule has 1 aliphatic heterocycles. The van der Waals surface area contributed by atoms with Crippen molar-refractivity contribution in [1.82, 2.24) is 10.1 Å². The molecule has 28 heavy (non-hydrogen) atoms. The summed E-state index contributed by atoms with van der Waals surface area (Å²) in [7, 11) is 0. The van der Waals surface area contributed by atoms with Crippen LogP contribution in [0, 0.1) is 18.6 Å².